The van der Waals surface area contributed by atoms with E-state index in [-0.39, 0.29) is 0 Å². The Morgan fingerprint density at radius 3 is 2.12 bits per heavy atom. The van der Waals surface area contributed by atoms with Crippen LogP contribution in [-0.2, 0) is 0 Å². The molecular weight excluding hydrogens is 182 g/mol. The van der Waals surface area contributed by atoms with E-state index >= 15 is 0 Å². The molecule has 8 heavy (non-hydrogen) atoms. The largest absolute Gasteiger partial charge is 0.502 e. The van der Waals surface area contributed by atoms with Crippen LogP contribution >= 0.6 is 15.9 Å². The molecule has 0 saturated heterocycles. The molecule has 0 saturated carbocycles. The van der Waals surface area contributed by atoms with E-state index in [2.05, 4.69) is 15.9 Å². The van der Waals surface area contributed by atoms with Gasteiger partial charge in [-0.15, -0.1) is 0 Å². The summed E-state index contributed by atoms with van der Waals surface area (Å²) in [6.07, 6.45) is 0.410. The van der Waals surface area contributed by atoms with Crippen molar-refractivity contribution >= 4 is 15.9 Å². The lowest BCUT2D eigenvalue weighted by atomic mass is 10.4. The van der Waals surface area contributed by atoms with E-state index in [9.17, 15) is 8.78 Å². The fraction of sp³-hybridized carbons (Fsp3) is 0.500. The van der Waals surface area contributed by atoms with Gasteiger partial charge in [-0.25, -0.2) is 8.78 Å². The van der Waals surface area contributed by atoms with Gasteiger partial charge in [0.1, 0.15) is 0 Å². The third kappa shape index (κ3) is 5.88. The number of hydrogen-bond donors (Lipinski definition) is 1. The maximum atomic E-state index is 11.7. The van der Waals surface area contributed by atoms with Gasteiger partial charge in [0.2, 0.25) is 0 Å². The molecule has 0 bridgehead atoms. The van der Waals surface area contributed by atoms with Gasteiger partial charge in [0.15, 0.2) is 4.67 Å². The van der Waals surface area contributed by atoms with Gasteiger partial charge in [-0.2, -0.15) is 0 Å². The topological polar surface area (TPSA) is 20.2 Å². The van der Waals surface area contributed by atoms with Crippen molar-refractivity contribution in [1.29, 1.82) is 0 Å². The Balaban J connectivity index is 3.89. The molecule has 0 fully saturated rings. The lowest BCUT2D eigenvalue weighted by Crippen LogP contribution is -2.03. The monoisotopic (exact) mass is 186 g/mol. The van der Waals surface area contributed by atoms with Crippen LogP contribution in [0.4, 0.5) is 8.78 Å². The first-order chi connectivity index (χ1) is 3.42. The van der Waals surface area contributed by atoms with Crippen LogP contribution in [-0.4, -0.2) is 11.0 Å². The number of alkyl halides is 2. The van der Waals surface area contributed by atoms with Crippen LogP contribution in [0, 0.1) is 0 Å². The summed E-state index contributed by atoms with van der Waals surface area (Å²) in [7, 11) is 0. The van der Waals surface area contributed by atoms with E-state index in [0.717, 1.165) is 0 Å². The van der Waals surface area contributed by atoms with Crippen molar-refractivity contribution in [1.82, 2.24) is 0 Å². The van der Waals surface area contributed by atoms with Gasteiger partial charge in [0, 0.05) is 13.0 Å². The van der Waals surface area contributed by atoms with Crippen molar-refractivity contribution in [3.05, 3.63) is 10.7 Å². The fourth-order valence-corrected chi connectivity index (χ4v) is 0.611. The van der Waals surface area contributed by atoms with Gasteiger partial charge in [-0.05, 0) is 15.9 Å². The second-order valence-electron chi connectivity index (χ2n) is 1.42. The van der Waals surface area contributed by atoms with Gasteiger partial charge in [0.05, 0.1) is 0 Å². The Labute approximate surface area is 54.1 Å². The summed E-state index contributed by atoms with van der Waals surface area (Å²) < 4.78 is 22.9. The van der Waals surface area contributed by atoms with Crippen LogP contribution in [0.5, 0.6) is 0 Å². The normalized spacial score (nSPS) is 14.2. The van der Waals surface area contributed by atoms with Crippen molar-refractivity contribution in [3.8, 4) is 0 Å². The molecule has 0 radical (unpaired) electrons. The average Bonchev–Trinajstić information content (AvgIpc) is 1.21. The number of hydrogen-bond acceptors (Lipinski definition) is 1. The molecule has 0 rings (SSSR count). The first-order valence-electron chi connectivity index (χ1n) is 1.87. The number of allylic oxidation sites excluding steroid dienone is 1. The molecule has 0 aromatic rings. The highest BCUT2D eigenvalue weighted by Gasteiger charge is 2.17. The quantitative estimate of drug-likeness (QED) is 0.625. The van der Waals surface area contributed by atoms with Crippen molar-refractivity contribution < 1.29 is 13.9 Å². The Hall–Kier alpha value is -0.120. The van der Waals surface area contributed by atoms with E-state index in [1.54, 1.807) is 0 Å². The standard InChI is InChI=1S/C4H5BrF2O/c1-4(6,7)2-3(5)8/h2,8H,1H3. The van der Waals surface area contributed by atoms with Crippen LogP contribution < -0.4 is 0 Å². The average molecular weight is 187 g/mol. The lowest BCUT2D eigenvalue weighted by molar-refractivity contribution is 0.0748. The number of rotatable bonds is 1. The zero-order valence-electron chi connectivity index (χ0n) is 4.16. The van der Waals surface area contributed by atoms with Gasteiger partial charge in [0.25, 0.3) is 5.92 Å². The summed E-state index contributed by atoms with van der Waals surface area (Å²) in [6.45, 7) is 0.685. The zero-order chi connectivity index (χ0) is 6.78. The van der Waals surface area contributed by atoms with E-state index in [1.165, 1.54) is 0 Å². The predicted molar refractivity (Wildman–Crippen MR) is 30.3 cm³/mol. The minimum absolute atomic E-state index is 0.410. The zero-order valence-corrected chi connectivity index (χ0v) is 5.74. The molecule has 0 atom stereocenters. The Morgan fingerprint density at radius 2 is 2.12 bits per heavy atom. The minimum atomic E-state index is -2.94. The van der Waals surface area contributed by atoms with E-state index in [1.807, 2.05) is 0 Å². The molecule has 1 nitrogen and oxygen atoms in total. The fourth-order valence-electron chi connectivity index (χ4n) is 0.209. The summed E-state index contributed by atoms with van der Waals surface area (Å²) in [5.41, 5.74) is 0. The molecule has 0 aliphatic rings. The maximum absolute atomic E-state index is 11.7. The molecular formula is C4H5BrF2O. The number of aliphatic hydroxyl groups excluding tert-OH is 1. The maximum Gasteiger partial charge on any atom is 0.268 e. The first kappa shape index (κ1) is 7.88. The van der Waals surface area contributed by atoms with Gasteiger partial charge < -0.3 is 5.11 Å². The smallest absolute Gasteiger partial charge is 0.268 e. The van der Waals surface area contributed by atoms with Crippen molar-refractivity contribution in [3.63, 3.8) is 0 Å². The van der Waals surface area contributed by atoms with E-state index in [4.69, 9.17) is 5.11 Å². The molecule has 0 amide bonds. The summed E-state index contributed by atoms with van der Waals surface area (Å²) in [5, 5.41) is 8.19. The Bertz CT molecular complexity index is 101. The second-order valence-corrected chi connectivity index (χ2v) is 2.24. The van der Waals surface area contributed by atoms with Crippen LogP contribution in [0.25, 0.3) is 0 Å². The summed E-state index contributed by atoms with van der Waals surface area (Å²) in [6, 6.07) is 0. The second kappa shape index (κ2) is 2.44. The van der Waals surface area contributed by atoms with E-state index < -0.39 is 10.6 Å². The summed E-state index contributed by atoms with van der Waals surface area (Å²) >= 11 is 2.45. The van der Waals surface area contributed by atoms with E-state index in [0.29, 0.717) is 13.0 Å². The highest BCUT2D eigenvalue weighted by Crippen LogP contribution is 2.16. The predicted octanol–water partition coefficient (Wildman–Crippen LogP) is 2.44. The Morgan fingerprint density at radius 1 is 1.75 bits per heavy atom. The molecule has 0 aliphatic carbocycles. The molecule has 0 aromatic heterocycles. The number of aliphatic hydroxyl groups is 1. The SMILES string of the molecule is CC(F)(F)C=C(O)Br. The van der Waals surface area contributed by atoms with Crippen LogP contribution in [0.1, 0.15) is 6.92 Å². The molecule has 0 spiro atoms. The van der Waals surface area contributed by atoms with Gasteiger partial charge in [-0.1, -0.05) is 0 Å². The van der Waals surface area contributed by atoms with Crippen molar-refractivity contribution in [2.45, 2.75) is 12.8 Å². The molecule has 1 N–H and O–H groups in total. The highest BCUT2D eigenvalue weighted by molar-refractivity contribution is 9.11. The molecule has 0 unspecified atom stereocenters. The van der Waals surface area contributed by atoms with Gasteiger partial charge in [-0.3, -0.25) is 0 Å². The first-order valence-corrected chi connectivity index (χ1v) is 2.66. The Kier molecular flexibility index (Phi) is 2.40. The highest BCUT2D eigenvalue weighted by atomic mass is 79.9. The molecule has 48 valence electrons. The molecule has 4 heteroatoms. The van der Waals surface area contributed by atoms with Crippen LogP contribution in [0.2, 0.25) is 0 Å². The van der Waals surface area contributed by atoms with Crippen LogP contribution in [0.15, 0.2) is 10.7 Å². The van der Waals surface area contributed by atoms with Crippen LogP contribution in [0.3, 0.4) is 0 Å². The summed E-state index contributed by atoms with van der Waals surface area (Å²) in [4.78, 5) is 0. The number of halogens is 3. The van der Waals surface area contributed by atoms with Crippen molar-refractivity contribution in [2.75, 3.05) is 0 Å². The molecule has 0 aromatic carbocycles. The summed E-state index contributed by atoms with van der Waals surface area (Å²) in [5.74, 6) is -2.94. The molecule has 0 aliphatic heterocycles. The lowest BCUT2D eigenvalue weighted by Gasteiger charge is -2.00. The third-order valence-electron chi connectivity index (χ3n) is 0.373. The molecule has 0 heterocycles. The van der Waals surface area contributed by atoms with Crippen molar-refractivity contribution in [2.24, 2.45) is 0 Å². The van der Waals surface area contributed by atoms with Gasteiger partial charge >= 0.3 is 0 Å². The third-order valence-corrected chi connectivity index (χ3v) is 0.601. The minimum Gasteiger partial charge on any atom is -0.502 e.